The molecule has 1 rings (SSSR count). The van der Waals surface area contributed by atoms with Crippen LogP contribution in [0.2, 0.25) is 0 Å². The largest absolute Gasteiger partial charge is 0.326 e. The van der Waals surface area contributed by atoms with Crippen LogP contribution in [0.15, 0.2) is 0 Å². The van der Waals surface area contributed by atoms with E-state index in [1.807, 2.05) is 0 Å². The highest BCUT2D eigenvalue weighted by Gasteiger charge is 2.43. The van der Waals surface area contributed by atoms with Crippen LogP contribution in [0.5, 0.6) is 0 Å². The molecule has 0 unspecified atom stereocenters. The van der Waals surface area contributed by atoms with Crippen molar-refractivity contribution in [3.63, 3.8) is 0 Å². The second-order valence-corrected chi connectivity index (χ2v) is 8.26. The maximum absolute atomic E-state index is 12.1. The molecule has 6 heteroatoms. The van der Waals surface area contributed by atoms with Crippen LogP contribution in [0.4, 0.5) is 4.79 Å². The zero-order valence-electron chi connectivity index (χ0n) is 14.7. The Morgan fingerprint density at radius 2 is 1.57 bits per heavy atom. The molecule has 1 aliphatic rings. The third kappa shape index (κ3) is 5.28. The van der Waals surface area contributed by atoms with Crippen molar-refractivity contribution >= 4 is 11.9 Å². The second-order valence-electron chi connectivity index (χ2n) is 8.26. The molecular formula is C15H32N4O2+2. The Morgan fingerprint density at radius 3 is 2.00 bits per heavy atom. The van der Waals surface area contributed by atoms with Gasteiger partial charge in [0, 0.05) is 13.0 Å². The molecule has 6 nitrogen and oxygen atoms in total. The molecule has 1 N–H and O–H groups in total. The molecule has 0 radical (unpaired) electrons. The number of rotatable bonds is 7. The SMILES string of the molecule is CC1(C)NC(=O)N(CCC[N+](C)(C)CC[N+](C)(C)C)C1=O. The van der Waals surface area contributed by atoms with Gasteiger partial charge in [0.2, 0.25) is 0 Å². The maximum atomic E-state index is 12.1. The van der Waals surface area contributed by atoms with Gasteiger partial charge in [0.1, 0.15) is 18.6 Å². The molecule has 0 aliphatic carbocycles. The molecule has 1 fully saturated rings. The summed E-state index contributed by atoms with van der Waals surface area (Å²) >= 11 is 0. The molecule has 1 aliphatic heterocycles. The number of hydrogen-bond donors (Lipinski definition) is 1. The average molecular weight is 300 g/mol. The standard InChI is InChI=1S/C15H31N4O2/c1-15(2)13(20)17(14(21)16-15)9-8-10-19(6,7)12-11-18(3,4)5/h8-12H2,1-7H3/q+1/p+1. The zero-order chi connectivity index (χ0) is 16.5. The summed E-state index contributed by atoms with van der Waals surface area (Å²) in [7, 11) is 11.0. The van der Waals surface area contributed by atoms with Gasteiger partial charge in [0.05, 0.1) is 41.8 Å². The van der Waals surface area contributed by atoms with Crippen molar-refractivity contribution in [2.45, 2.75) is 25.8 Å². The van der Waals surface area contributed by atoms with Crippen LogP contribution in [0.3, 0.4) is 0 Å². The van der Waals surface area contributed by atoms with E-state index in [2.05, 4.69) is 40.6 Å². The quantitative estimate of drug-likeness (QED) is 0.549. The molecule has 0 saturated carbocycles. The minimum Gasteiger partial charge on any atom is -0.326 e. The van der Waals surface area contributed by atoms with E-state index in [0.29, 0.717) is 6.54 Å². The van der Waals surface area contributed by atoms with Crippen LogP contribution in [0.1, 0.15) is 20.3 Å². The third-order valence-electron chi connectivity index (χ3n) is 3.97. The molecule has 1 heterocycles. The minimum atomic E-state index is -0.759. The highest BCUT2D eigenvalue weighted by molar-refractivity contribution is 6.06. The lowest BCUT2D eigenvalue weighted by molar-refractivity contribution is -0.937. The van der Waals surface area contributed by atoms with Gasteiger partial charge in [0.25, 0.3) is 5.91 Å². The number of hydrogen-bond acceptors (Lipinski definition) is 2. The summed E-state index contributed by atoms with van der Waals surface area (Å²) in [5.74, 6) is -0.121. The number of likely N-dealkylation sites (N-methyl/N-ethyl adjacent to an activating group) is 2. The summed E-state index contributed by atoms with van der Waals surface area (Å²) in [6.07, 6.45) is 0.833. The van der Waals surface area contributed by atoms with E-state index in [1.54, 1.807) is 13.8 Å². The zero-order valence-corrected chi connectivity index (χ0v) is 14.7. The fourth-order valence-corrected chi connectivity index (χ4v) is 2.36. The molecule has 0 atom stereocenters. The predicted octanol–water partition coefficient (Wildman–Crippen LogP) is 0.490. The molecule has 21 heavy (non-hydrogen) atoms. The lowest BCUT2D eigenvalue weighted by Gasteiger charge is -2.33. The first-order valence-electron chi connectivity index (χ1n) is 7.61. The molecule has 0 aromatic heterocycles. The molecule has 0 bridgehead atoms. The number of carbonyl (C=O) groups excluding carboxylic acids is 2. The van der Waals surface area contributed by atoms with Gasteiger partial charge in [-0.25, -0.2) is 4.79 Å². The maximum Gasteiger partial charge on any atom is 0.325 e. The number of carbonyl (C=O) groups is 2. The molecule has 122 valence electrons. The fourth-order valence-electron chi connectivity index (χ4n) is 2.36. The number of quaternary nitrogens is 2. The number of nitrogens with zero attached hydrogens (tertiary/aromatic N) is 3. The van der Waals surface area contributed by atoms with E-state index >= 15 is 0 Å². The Kier molecular flexibility index (Phi) is 5.05. The van der Waals surface area contributed by atoms with E-state index in [9.17, 15) is 9.59 Å². The van der Waals surface area contributed by atoms with Gasteiger partial charge < -0.3 is 14.3 Å². The van der Waals surface area contributed by atoms with Crippen LogP contribution in [0.25, 0.3) is 0 Å². The normalized spacial score (nSPS) is 19.1. The third-order valence-corrected chi connectivity index (χ3v) is 3.97. The molecule has 1 saturated heterocycles. The number of nitrogens with one attached hydrogen (secondary N) is 1. The highest BCUT2D eigenvalue weighted by atomic mass is 16.2. The summed E-state index contributed by atoms with van der Waals surface area (Å²) < 4.78 is 1.85. The second kappa shape index (κ2) is 5.93. The van der Waals surface area contributed by atoms with Gasteiger partial charge in [-0.3, -0.25) is 9.69 Å². The van der Waals surface area contributed by atoms with Gasteiger partial charge >= 0.3 is 6.03 Å². The topological polar surface area (TPSA) is 49.4 Å². The van der Waals surface area contributed by atoms with Gasteiger partial charge in [-0.1, -0.05) is 0 Å². The van der Waals surface area contributed by atoms with E-state index in [0.717, 1.165) is 35.0 Å². The van der Waals surface area contributed by atoms with Crippen molar-refractivity contribution in [1.29, 1.82) is 0 Å². The summed E-state index contributed by atoms with van der Waals surface area (Å²) in [5.41, 5.74) is -0.759. The van der Waals surface area contributed by atoms with Gasteiger partial charge in [-0.15, -0.1) is 0 Å². The fraction of sp³-hybridized carbons (Fsp3) is 0.867. The summed E-state index contributed by atoms with van der Waals surface area (Å²) in [5, 5.41) is 2.72. The van der Waals surface area contributed by atoms with E-state index in [4.69, 9.17) is 0 Å². The summed E-state index contributed by atoms with van der Waals surface area (Å²) in [4.78, 5) is 25.2. The molecule has 0 spiro atoms. The first-order chi connectivity index (χ1) is 9.34. The Bertz CT molecular complexity index is 410. The van der Waals surface area contributed by atoms with Gasteiger partial charge in [0.15, 0.2) is 0 Å². The average Bonchev–Trinajstić information content (AvgIpc) is 2.48. The summed E-state index contributed by atoms with van der Waals surface area (Å²) in [6, 6.07) is -0.262. The lowest BCUT2D eigenvalue weighted by atomic mass is 10.1. The number of amides is 3. The summed E-state index contributed by atoms with van der Waals surface area (Å²) in [6.45, 7) is 7.12. The molecular weight excluding hydrogens is 268 g/mol. The van der Waals surface area contributed by atoms with Crippen molar-refractivity contribution in [2.75, 3.05) is 61.4 Å². The van der Waals surface area contributed by atoms with Gasteiger partial charge in [-0.05, 0) is 13.8 Å². The van der Waals surface area contributed by atoms with Crippen LogP contribution in [-0.4, -0.2) is 92.8 Å². The molecule has 0 aromatic rings. The Balaban J connectivity index is 2.43. The Morgan fingerprint density at radius 1 is 1.00 bits per heavy atom. The number of urea groups is 1. The molecule has 0 aromatic carbocycles. The molecule has 3 amide bonds. The smallest absolute Gasteiger partial charge is 0.325 e. The minimum absolute atomic E-state index is 0.121. The van der Waals surface area contributed by atoms with Crippen LogP contribution in [-0.2, 0) is 4.79 Å². The van der Waals surface area contributed by atoms with Crippen LogP contribution >= 0.6 is 0 Å². The van der Waals surface area contributed by atoms with Crippen LogP contribution in [0, 0.1) is 0 Å². The first-order valence-corrected chi connectivity index (χ1v) is 7.61. The van der Waals surface area contributed by atoms with Crippen molar-refractivity contribution < 1.29 is 18.6 Å². The van der Waals surface area contributed by atoms with Crippen LogP contribution < -0.4 is 5.32 Å². The first kappa shape index (κ1) is 17.9. The lowest BCUT2D eigenvalue weighted by Crippen LogP contribution is -2.50. The van der Waals surface area contributed by atoms with Gasteiger partial charge in [-0.2, -0.15) is 0 Å². The van der Waals surface area contributed by atoms with Crippen molar-refractivity contribution in [3.05, 3.63) is 0 Å². The Hall–Kier alpha value is -1.14. The monoisotopic (exact) mass is 300 g/mol. The predicted molar refractivity (Wildman–Crippen MR) is 83.7 cm³/mol. The highest BCUT2D eigenvalue weighted by Crippen LogP contribution is 2.17. The van der Waals surface area contributed by atoms with E-state index in [-0.39, 0.29) is 11.9 Å². The van der Waals surface area contributed by atoms with E-state index in [1.165, 1.54) is 4.90 Å². The Labute approximate surface area is 128 Å². The van der Waals surface area contributed by atoms with Crippen molar-refractivity contribution in [2.24, 2.45) is 0 Å². The van der Waals surface area contributed by atoms with Crippen molar-refractivity contribution in [1.82, 2.24) is 10.2 Å². The van der Waals surface area contributed by atoms with Crippen molar-refractivity contribution in [3.8, 4) is 0 Å². The van der Waals surface area contributed by atoms with E-state index < -0.39 is 5.54 Å². The number of imide groups is 1.